The number of aromatic amines is 1. The summed E-state index contributed by atoms with van der Waals surface area (Å²) >= 11 is 6.04. The topological polar surface area (TPSA) is 62.8 Å². The molecule has 1 aliphatic rings. The van der Waals surface area contributed by atoms with Crippen molar-refractivity contribution in [1.29, 1.82) is 0 Å². The number of H-pyrrole nitrogens is 1. The highest BCUT2D eigenvalue weighted by molar-refractivity contribution is 6.31. The number of hydrogen-bond donors (Lipinski definition) is 2. The third-order valence-corrected chi connectivity index (χ3v) is 5.29. The lowest BCUT2D eigenvalue weighted by molar-refractivity contribution is -0.144. The largest absolute Gasteiger partial charge is 0.480 e. The van der Waals surface area contributed by atoms with E-state index in [0.29, 0.717) is 5.02 Å². The number of carboxylic acid groups (broad SMARTS) is 1. The van der Waals surface area contributed by atoms with Crippen LogP contribution in [0.25, 0.3) is 10.9 Å². The highest BCUT2D eigenvalue weighted by Gasteiger charge is 2.31. The number of rotatable bonds is 7. The van der Waals surface area contributed by atoms with Crippen LogP contribution in [-0.2, 0) is 4.79 Å². The Kier molecular flexibility index (Phi) is 6.19. The van der Waals surface area contributed by atoms with E-state index in [4.69, 9.17) is 11.6 Å². The van der Waals surface area contributed by atoms with Crippen molar-refractivity contribution in [2.45, 2.75) is 12.5 Å². The molecule has 0 bridgehead atoms. The van der Waals surface area contributed by atoms with Gasteiger partial charge in [-0.1, -0.05) is 17.7 Å². The zero-order valence-corrected chi connectivity index (χ0v) is 16.2. The maximum atomic E-state index is 12.0. The molecule has 3 rings (SSSR count). The van der Waals surface area contributed by atoms with Crippen LogP contribution in [0.1, 0.15) is 18.0 Å². The fourth-order valence-corrected chi connectivity index (χ4v) is 3.86. The Morgan fingerprint density at radius 3 is 2.69 bits per heavy atom. The lowest BCUT2D eigenvalue weighted by Gasteiger charge is -2.37. The van der Waals surface area contributed by atoms with E-state index in [9.17, 15) is 9.90 Å². The maximum Gasteiger partial charge on any atom is 0.325 e. The highest BCUT2D eigenvalue weighted by atomic mass is 35.5. The molecule has 26 heavy (non-hydrogen) atoms. The summed E-state index contributed by atoms with van der Waals surface area (Å²) in [6.07, 6.45) is 2.95. The molecule has 1 saturated heterocycles. The van der Waals surface area contributed by atoms with Crippen LogP contribution in [0.3, 0.4) is 0 Å². The molecule has 2 N–H and O–H groups in total. The van der Waals surface area contributed by atoms with Crippen LogP contribution >= 0.6 is 11.6 Å². The average molecular weight is 379 g/mol. The molecule has 1 fully saturated rings. The molecule has 0 saturated carbocycles. The molecular weight excluding hydrogens is 352 g/mol. The minimum Gasteiger partial charge on any atom is -0.480 e. The molecular formula is C19H27ClN4O2. The van der Waals surface area contributed by atoms with Crippen LogP contribution in [0.2, 0.25) is 5.02 Å². The van der Waals surface area contributed by atoms with Crippen LogP contribution in [-0.4, -0.2) is 84.1 Å². The zero-order chi connectivity index (χ0) is 18.7. The van der Waals surface area contributed by atoms with Crippen LogP contribution in [0, 0.1) is 0 Å². The van der Waals surface area contributed by atoms with Crippen LogP contribution in [0.15, 0.2) is 24.4 Å². The van der Waals surface area contributed by atoms with Gasteiger partial charge in [-0.15, -0.1) is 0 Å². The number of fused-ring (bicyclic) bond motifs is 1. The minimum atomic E-state index is -0.804. The van der Waals surface area contributed by atoms with Crippen molar-refractivity contribution in [3.63, 3.8) is 0 Å². The normalized spacial score (nSPS) is 17.8. The Labute approximate surface area is 159 Å². The number of nitrogens with one attached hydrogen (secondary N) is 1. The van der Waals surface area contributed by atoms with Crippen molar-refractivity contribution in [2.75, 3.05) is 53.4 Å². The van der Waals surface area contributed by atoms with E-state index < -0.39 is 12.0 Å². The van der Waals surface area contributed by atoms with E-state index in [1.54, 1.807) is 0 Å². The fourth-order valence-electron chi connectivity index (χ4n) is 3.69. The van der Waals surface area contributed by atoms with Gasteiger partial charge in [-0.2, -0.15) is 0 Å². The van der Waals surface area contributed by atoms with Crippen LogP contribution in [0.4, 0.5) is 0 Å². The van der Waals surface area contributed by atoms with E-state index in [-0.39, 0.29) is 0 Å². The van der Waals surface area contributed by atoms with Gasteiger partial charge < -0.3 is 19.9 Å². The molecule has 1 aromatic carbocycles. The third kappa shape index (κ3) is 4.38. The van der Waals surface area contributed by atoms with Crippen molar-refractivity contribution in [1.82, 2.24) is 19.7 Å². The van der Waals surface area contributed by atoms with Gasteiger partial charge in [0, 0.05) is 53.9 Å². The number of aliphatic carboxylic acids is 1. The second-order valence-electron chi connectivity index (χ2n) is 7.21. The molecule has 2 aromatic rings. The van der Waals surface area contributed by atoms with Gasteiger partial charge >= 0.3 is 5.97 Å². The van der Waals surface area contributed by atoms with Crippen molar-refractivity contribution in [3.8, 4) is 0 Å². The summed E-state index contributed by atoms with van der Waals surface area (Å²) in [6.45, 7) is 5.49. The van der Waals surface area contributed by atoms with Gasteiger partial charge in [0.25, 0.3) is 0 Å². The van der Waals surface area contributed by atoms with E-state index in [2.05, 4.69) is 33.8 Å². The lowest BCUT2D eigenvalue weighted by atomic mass is 10.0. The summed E-state index contributed by atoms with van der Waals surface area (Å²) < 4.78 is 0. The molecule has 6 nitrogen and oxygen atoms in total. The van der Waals surface area contributed by atoms with Crippen LogP contribution < -0.4 is 0 Å². The summed E-state index contributed by atoms with van der Waals surface area (Å²) in [7, 11) is 4.17. The van der Waals surface area contributed by atoms with Gasteiger partial charge in [-0.25, -0.2) is 0 Å². The van der Waals surface area contributed by atoms with Crippen molar-refractivity contribution in [2.24, 2.45) is 0 Å². The predicted molar refractivity (Wildman–Crippen MR) is 105 cm³/mol. The number of carboxylic acids is 1. The number of hydrogen-bond acceptors (Lipinski definition) is 4. The van der Waals surface area contributed by atoms with E-state index in [0.717, 1.165) is 62.2 Å². The Morgan fingerprint density at radius 1 is 1.31 bits per heavy atom. The smallest absolute Gasteiger partial charge is 0.325 e. The van der Waals surface area contributed by atoms with Crippen molar-refractivity contribution < 1.29 is 9.90 Å². The Bertz CT molecular complexity index is 753. The lowest BCUT2D eigenvalue weighted by Crippen LogP contribution is -2.49. The molecule has 0 aliphatic carbocycles. The van der Waals surface area contributed by atoms with Gasteiger partial charge in [0.15, 0.2) is 0 Å². The van der Waals surface area contributed by atoms with Gasteiger partial charge in [0.05, 0.1) is 0 Å². The Morgan fingerprint density at radius 2 is 2.04 bits per heavy atom. The van der Waals surface area contributed by atoms with Crippen molar-refractivity contribution >= 4 is 28.5 Å². The second-order valence-corrected chi connectivity index (χ2v) is 7.65. The molecule has 0 unspecified atom stereocenters. The SMILES string of the molecule is CN(C)CCCN1CCN([C@@H](C(=O)O)c2c[nH]c3cc(Cl)ccc23)CC1. The molecule has 7 heteroatoms. The highest BCUT2D eigenvalue weighted by Crippen LogP contribution is 2.30. The number of carbonyl (C=O) groups is 1. The maximum absolute atomic E-state index is 12.0. The summed E-state index contributed by atoms with van der Waals surface area (Å²) in [5.74, 6) is -0.804. The average Bonchev–Trinajstić information content (AvgIpc) is 2.98. The van der Waals surface area contributed by atoms with E-state index in [1.165, 1.54) is 0 Å². The first-order valence-corrected chi connectivity index (χ1v) is 9.44. The Hall–Kier alpha value is -1.60. The molecule has 2 heterocycles. The fraction of sp³-hybridized carbons (Fsp3) is 0.526. The third-order valence-electron chi connectivity index (χ3n) is 5.06. The van der Waals surface area contributed by atoms with Crippen molar-refractivity contribution in [3.05, 3.63) is 35.0 Å². The minimum absolute atomic E-state index is 0.631. The predicted octanol–water partition coefficient (Wildman–Crippen LogP) is 2.52. The first kappa shape index (κ1) is 19.2. The quantitative estimate of drug-likeness (QED) is 0.775. The number of nitrogens with zero attached hydrogens (tertiary/aromatic N) is 3. The molecule has 1 aliphatic heterocycles. The first-order chi connectivity index (χ1) is 12.5. The van der Waals surface area contributed by atoms with Gasteiger partial charge in [0.1, 0.15) is 6.04 Å². The molecule has 0 spiro atoms. The Balaban J connectivity index is 1.68. The summed E-state index contributed by atoms with van der Waals surface area (Å²) in [6, 6.07) is 4.91. The summed E-state index contributed by atoms with van der Waals surface area (Å²) in [5.41, 5.74) is 1.69. The van der Waals surface area contributed by atoms with Gasteiger partial charge in [-0.3, -0.25) is 9.69 Å². The molecule has 142 valence electrons. The number of piperazine rings is 1. The molecule has 1 atom stereocenters. The zero-order valence-electron chi connectivity index (χ0n) is 15.4. The number of benzene rings is 1. The van der Waals surface area contributed by atoms with Gasteiger partial charge in [0.2, 0.25) is 0 Å². The first-order valence-electron chi connectivity index (χ1n) is 9.06. The summed E-state index contributed by atoms with van der Waals surface area (Å²) in [5, 5.41) is 11.4. The summed E-state index contributed by atoms with van der Waals surface area (Å²) in [4.78, 5) is 21.9. The monoisotopic (exact) mass is 378 g/mol. The molecule has 0 amide bonds. The number of halogens is 1. The molecule has 0 radical (unpaired) electrons. The van der Waals surface area contributed by atoms with E-state index in [1.807, 2.05) is 24.4 Å². The standard InChI is InChI=1S/C19H27ClN4O2/c1-22(2)6-3-7-23-8-10-24(11-9-23)18(19(25)26)16-13-21-17-12-14(20)4-5-15(16)17/h4-5,12-13,18,21H,3,6-11H2,1-2H3,(H,25,26)/t18-/m1/s1. The van der Waals surface area contributed by atoms with Gasteiger partial charge in [-0.05, 0) is 45.7 Å². The number of aromatic nitrogens is 1. The van der Waals surface area contributed by atoms with E-state index >= 15 is 0 Å². The molecule has 1 aromatic heterocycles. The second kappa shape index (κ2) is 8.39. The van der Waals surface area contributed by atoms with Crippen LogP contribution in [0.5, 0.6) is 0 Å².